The SMILES string of the molecule is CCCCCCCCCCS(=O)(=O)NC(CCc1ccccc1)COP(=O)(O)C(O)COCc1ccccc1. The number of sulfonamides is 1. The van der Waals surface area contributed by atoms with Gasteiger partial charge < -0.3 is 19.3 Å². The summed E-state index contributed by atoms with van der Waals surface area (Å²) >= 11 is 0. The first-order valence-corrected chi connectivity index (χ1v) is 17.3. The molecule has 0 heterocycles. The fourth-order valence-corrected chi connectivity index (χ4v) is 6.39. The molecular weight excluding hydrogens is 537 g/mol. The molecule has 0 amide bonds. The van der Waals surface area contributed by atoms with E-state index >= 15 is 0 Å². The van der Waals surface area contributed by atoms with Gasteiger partial charge >= 0.3 is 7.60 Å². The number of aryl methyl sites for hydroxylation is 1. The molecule has 0 spiro atoms. The van der Waals surface area contributed by atoms with E-state index < -0.39 is 29.5 Å². The lowest BCUT2D eigenvalue weighted by Gasteiger charge is -2.23. The third-order valence-corrected chi connectivity index (χ3v) is 9.39. The van der Waals surface area contributed by atoms with E-state index in [0.717, 1.165) is 30.4 Å². The van der Waals surface area contributed by atoms with E-state index in [1.165, 1.54) is 25.7 Å². The maximum atomic E-state index is 12.8. The molecule has 2 aromatic rings. The van der Waals surface area contributed by atoms with Crippen LogP contribution in [0.2, 0.25) is 0 Å². The number of hydrogen-bond donors (Lipinski definition) is 3. The van der Waals surface area contributed by atoms with Gasteiger partial charge in [-0.15, -0.1) is 0 Å². The van der Waals surface area contributed by atoms with E-state index in [4.69, 9.17) is 9.26 Å². The van der Waals surface area contributed by atoms with Crippen molar-refractivity contribution in [2.45, 2.75) is 89.6 Å². The number of ether oxygens (including phenoxy) is 1. The Balaban J connectivity index is 1.86. The normalized spacial score (nSPS) is 15.1. The molecule has 0 aliphatic rings. The summed E-state index contributed by atoms with van der Waals surface area (Å²) in [5.74, 6) is -1.75. The Morgan fingerprint density at radius 1 is 0.846 bits per heavy atom. The second-order valence-corrected chi connectivity index (χ2v) is 13.8. The van der Waals surface area contributed by atoms with E-state index in [2.05, 4.69) is 11.6 Å². The summed E-state index contributed by atoms with van der Waals surface area (Å²) in [6, 6.07) is 18.1. The molecule has 0 radical (unpaired) electrons. The van der Waals surface area contributed by atoms with Crippen LogP contribution >= 0.6 is 7.60 Å². The highest BCUT2D eigenvalue weighted by Gasteiger charge is 2.32. The molecule has 39 heavy (non-hydrogen) atoms. The first-order valence-electron chi connectivity index (χ1n) is 14.0. The molecule has 0 aromatic heterocycles. The Hall–Kier alpha value is -1.58. The molecule has 220 valence electrons. The van der Waals surface area contributed by atoms with E-state index in [-0.39, 0.29) is 25.6 Å². The lowest BCUT2D eigenvalue weighted by Crippen LogP contribution is -2.40. The zero-order valence-electron chi connectivity index (χ0n) is 23.1. The molecule has 3 unspecified atom stereocenters. The first-order chi connectivity index (χ1) is 18.7. The summed E-state index contributed by atoms with van der Waals surface area (Å²) in [4.78, 5) is 10.3. The van der Waals surface area contributed by atoms with Crippen molar-refractivity contribution in [3.8, 4) is 0 Å². The van der Waals surface area contributed by atoms with Gasteiger partial charge in [0.05, 0.1) is 25.6 Å². The standard InChI is InChI=1S/C29H46NO7PS/c1-2-3-4-5-6-7-8-15-22-39(34,35)30-28(21-20-26-16-11-9-12-17-26)24-37-38(32,33)29(31)25-36-23-27-18-13-10-14-19-27/h9-14,16-19,28-31H,2-8,15,20-25H2,1H3,(H,32,33). The summed E-state index contributed by atoms with van der Waals surface area (Å²) < 4.78 is 51.5. The van der Waals surface area contributed by atoms with Crippen LogP contribution in [0.5, 0.6) is 0 Å². The van der Waals surface area contributed by atoms with Crippen molar-refractivity contribution in [3.63, 3.8) is 0 Å². The summed E-state index contributed by atoms with van der Waals surface area (Å²) in [5.41, 5.74) is 1.89. The number of aliphatic hydroxyl groups excluding tert-OH is 1. The fourth-order valence-electron chi connectivity index (χ4n) is 4.13. The number of benzene rings is 2. The van der Waals surface area contributed by atoms with Crippen LogP contribution in [-0.2, 0) is 36.9 Å². The number of nitrogens with one attached hydrogen (secondary N) is 1. The van der Waals surface area contributed by atoms with Crippen molar-refractivity contribution in [2.24, 2.45) is 0 Å². The Labute approximate surface area is 234 Å². The predicted molar refractivity (Wildman–Crippen MR) is 156 cm³/mol. The number of aliphatic hydroxyl groups is 1. The smallest absolute Gasteiger partial charge is 0.358 e. The molecule has 3 N–H and O–H groups in total. The molecule has 0 bridgehead atoms. The quantitative estimate of drug-likeness (QED) is 0.119. The van der Waals surface area contributed by atoms with Crippen LogP contribution in [0.4, 0.5) is 0 Å². The van der Waals surface area contributed by atoms with Gasteiger partial charge in [-0.1, -0.05) is 113 Å². The lowest BCUT2D eigenvalue weighted by molar-refractivity contribution is 0.0472. The first kappa shape index (κ1) is 33.6. The van der Waals surface area contributed by atoms with Crippen LogP contribution < -0.4 is 4.72 Å². The zero-order valence-corrected chi connectivity index (χ0v) is 24.8. The van der Waals surface area contributed by atoms with Gasteiger partial charge in [0.1, 0.15) is 0 Å². The molecule has 0 saturated carbocycles. The van der Waals surface area contributed by atoms with E-state index in [1.54, 1.807) is 0 Å². The number of rotatable bonds is 22. The van der Waals surface area contributed by atoms with Gasteiger partial charge in [0.25, 0.3) is 0 Å². The molecule has 0 aliphatic heterocycles. The highest BCUT2D eigenvalue weighted by atomic mass is 32.2. The second kappa shape index (κ2) is 18.7. The monoisotopic (exact) mass is 583 g/mol. The fraction of sp³-hybridized carbons (Fsp3) is 0.586. The molecule has 8 nitrogen and oxygen atoms in total. The Morgan fingerprint density at radius 2 is 1.41 bits per heavy atom. The van der Waals surface area contributed by atoms with Gasteiger partial charge in [-0.25, -0.2) is 13.1 Å². The van der Waals surface area contributed by atoms with Crippen LogP contribution in [0.15, 0.2) is 60.7 Å². The van der Waals surface area contributed by atoms with E-state index in [1.807, 2.05) is 60.7 Å². The Kier molecular flexibility index (Phi) is 16.1. The van der Waals surface area contributed by atoms with Crippen LogP contribution in [0.3, 0.4) is 0 Å². The topological polar surface area (TPSA) is 122 Å². The summed E-state index contributed by atoms with van der Waals surface area (Å²) in [5, 5.41) is 10.2. The molecule has 0 aliphatic carbocycles. The minimum atomic E-state index is -4.47. The van der Waals surface area contributed by atoms with Crippen LogP contribution in [-0.4, -0.2) is 49.3 Å². The maximum Gasteiger partial charge on any atom is 0.358 e. The number of hydrogen-bond acceptors (Lipinski definition) is 6. The summed E-state index contributed by atoms with van der Waals surface area (Å²) in [6.45, 7) is 1.63. The van der Waals surface area contributed by atoms with Gasteiger partial charge in [-0.05, 0) is 30.4 Å². The minimum Gasteiger partial charge on any atom is -0.378 e. The Bertz CT molecular complexity index is 1050. The largest absolute Gasteiger partial charge is 0.378 e. The number of unbranched alkanes of at least 4 members (excludes halogenated alkanes) is 7. The van der Waals surface area contributed by atoms with Gasteiger partial charge in [0.15, 0.2) is 5.85 Å². The van der Waals surface area contributed by atoms with Crippen molar-refractivity contribution in [2.75, 3.05) is 19.0 Å². The molecule has 0 saturated heterocycles. The second-order valence-electron chi connectivity index (χ2n) is 9.97. The maximum absolute atomic E-state index is 12.8. The summed E-state index contributed by atoms with van der Waals surface area (Å²) in [6.07, 6.45) is 9.32. The molecule has 10 heteroatoms. The molecule has 0 fully saturated rings. The van der Waals surface area contributed by atoms with Gasteiger partial charge in [0.2, 0.25) is 10.0 Å². The Morgan fingerprint density at radius 3 is 2.03 bits per heavy atom. The average molecular weight is 584 g/mol. The zero-order chi connectivity index (χ0) is 28.4. The van der Waals surface area contributed by atoms with E-state index in [9.17, 15) is 23.0 Å². The van der Waals surface area contributed by atoms with Crippen molar-refractivity contribution in [1.82, 2.24) is 4.72 Å². The molecule has 2 aromatic carbocycles. The average Bonchev–Trinajstić information content (AvgIpc) is 2.92. The minimum absolute atomic E-state index is 0.00344. The van der Waals surface area contributed by atoms with Crippen molar-refractivity contribution in [3.05, 3.63) is 71.8 Å². The summed E-state index contributed by atoms with van der Waals surface area (Å²) in [7, 11) is -8.07. The molecule has 2 rings (SSSR count). The highest BCUT2D eigenvalue weighted by Crippen LogP contribution is 2.46. The van der Waals surface area contributed by atoms with Crippen molar-refractivity contribution in [1.29, 1.82) is 0 Å². The van der Waals surface area contributed by atoms with Gasteiger partial charge in [-0.3, -0.25) is 4.57 Å². The van der Waals surface area contributed by atoms with Gasteiger partial charge in [-0.2, -0.15) is 0 Å². The van der Waals surface area contributed by atoms with Gasteiger partial charge in [0, 0.05) is 6.04 Å². The third-order valence-electron chi connectivity index (χ3n) is 6.45. The highest BCUT2D eigenvalue weighted by molar-refractivity contribution is 7.89. The van der Waals surface area contributed by atoms with Crippen LogP contribution in [0.1, 0.15) is 75.8 Å². The van der Waals surface area contributed by atoms with Crippen molar-refractivity contribution < 1.29 is 32.2 Å². The predicted octanol–water partition coefficient (Wildman–Crippen LogP) is 5.79. The van der Waals surface area contributed by atoms with E-state index in [0.29, 0.717) is 19.3 Å². The third kappa shape index (κ3) is 15.1. The lowest BCUT2D eigenvalue weighted by atomic mass is 10.1. The molecule has 3 atom stereocenters. The van der Waals surface area contributed by atoms with Crippen LogP contribution in [0, 0.1) is 0 Å². The molecular formula is C29H46NO7PS. The van der Waals surface area contributed by atoms with Crippen LogP contribution in [0.25, 0.3) is 0 Å². The van der Waals surface area contributed by atoms with Crippen molar-refractivity contribution >= 4 is 17.6 Å².